The number of hydrogen-bond donors (Lipinski definition) is 2. The summed E-state index contributed by atoms with van der Waals surface area (Å²) in [6.07, 6.45) is 2.77. The van der Waals surface area contributed by atoms with Crippen molar-refractivity contribution in [2.45, 2.75) is 25.5 Å². The maximum absolute atomic E-state index is 5.73. The van der Waals surface area contributed by atoms with E-state index in [4.69, 9.17) is 18.9 Å². The van der Waals surface area contributed by atoms with Gasteiger partial charge in [-0.3, -0.25) is 9.89 Å². The molecule has 1 aliphatic rings. The minimum atomic E-state index is 0.251. The van der Waals surface area contributed by atoms with Gasteiger partial charge < -0.3 is 24.5 Å². The molecular formula is C21H32N4O3S. The first-order chi connectivity index (χ1) is 14.3. The molecule has 29 heavy (non-hydrogen) atoms. The van der Waals surface area contributed by atoms with Crippen molar-refractivity contribution >= 4 is 17.3 Å². The van der Waals surface area contributed by atoms with Crippen LogP contribution in [-0.2, 0) is 15.9 Å². The van der Waals surface area contributed by atoms with Crippen LogP contribution in [-0.4, -0.2) is 70.0 Å². The molecule has 2 aromatic heterocycles. The van der Waals surface area contributed by atoms with Gasteiger partial charge >= 0.3 is 0 Å². The quantitative estimate of drug-likeness (QED) is 0.350. The molecule has 160 valence electrons. The number of furan rings is 1. The first-order valence-corrected chi connectivity index (χ1v) is 11.1. The van der Waals surface area contributed by atoms with Gasteiger partial charge in [0.2, 0.25) is 0 Å². The Morgan fingerprint density at radius 1 is 1.34 bits per heavy atom. The van der Waals surface area contributed by atoms with Gasteiger partial charge in [0.25, 0.3) is 0 Å². The van der Waals surface area contributed by atoms with E-state index in [1.54, 1.807) is 24.7 Å². The number of methoxy groups -OCH3 is 1. The number of ether oxygens (including phenoxy) is 2. The highest BCUT2D eigenvalue weighted by Crippen LogP contribution is 2.27. The Hall–Kier alpha value is -1.87. The van der Waals surface area contributed by atoms with Gasteiger partial charge in [-0.15, -0.1) is 11.3 Å². The van der Waals surface area contributed by atoms with Crippen molar-refractivity contribution in [1.29, 1.82) is 0 Å². The van der Waals surface area contributed by atoms with E-state index in [1.807, 2.05) is 12.1 Å². The lowest BCUT2D eigenvalue weighted by Crippen LogP contribution is -2.44. The van der Waals surface area contributed by atoms with Crippen LogP contribution in [0.2, 0.25) is 0 Å². The van der Waals surface area contributed by atoms with Crippen LogP contribution in [0.15, 0.2) is 45.3 Å². The zero-order valence-corrected chi connectivity index (χ0v) is 18.1. The molecule has 1 fully saturated rings. The number of guanidine groups is 1. The summed E-state index contributed by atoms with van der Waals surface area (Å²) >= 11 is 1.79. The third-order valence-electron chi connectivity index (χ3n) is 4.85. The summed E-state index contributed by atoms with van der Waals surface area (Å²) in [6, 6.07) is 8.47. The van der Waals surface area contributed by atoms with Gasteiger partial charge in [0.15, 0.2) is 5.96 Å². The van der Waals surface area contributed by atoms with E-state index in [2.05, 4.69) is 40.0 Å². The topological polar surface area (TPSA) is 71.3 Å². The average molecular weight is 421 g/mol. The fourth-order valence-electron chi connectivity index (χ4n) is 3.38. The van der Waals surface area contributed by atoms with Crippen LogP contribution >= 0.6 is 11.3 Å². The van der Waals surface area contributed by atoms with Crippen LogP contribution in [0.4, 0.5) is 0 Å². The normalized spacial score (nSPS) is 19.2. The molecule has 1 saturated heterocycles. The molecule has 7 nitrogen and oxygen atoms in total. The Bertz CT molecular complexity index is 706. The third kappa shape index (κ3) is 7.15. The summed E-state index contributed by atoms with van der Waals surface area (Å²) in [5, 5.41) is 8.90. The zero-order chi connectivity index (χ0) is 20.3. The first-order valence-electron chi connectivity index (χ1n) is 10.2. The largest absolute Gasteiger partial charge is 0.469 e. The van der Waals surface area contributed by atoms with Crippen molar-refractivity contribution in [2.75, 3.05) is 53.0 Å². The highest BCUT2D eigenvalue weighted by molar-refractivity contribution is 7.10. The lowest BCUT2D eigenvalue weighted by Gasteiger charge is -2.36. The van der Waals surface area contributed by atoms with Crippen molar-refractivity contribution in [3.63, 3.8) is 0 Å². The number of thiophene rings is 1. The number of nitrogens with zero attached hydrogens (tertiary/aromatic N) is 2. The van der Waals surface area contributed by atoms with Gasteiger partial charge in [-0.25, -0.2) is 0 Å². The van der Waals surface area contributed by atoms with Gasteiger partial charge in [0.1, 0.15) is 5.76 Å². The van der Waals surface area contributed by atoms with Crippen LogP contribution in [0, 0.1) is 0 Å². The van der Waals surface area contributed by atoms with Gasteiger partial charge in [-0.2, -0.15) is 0 Å². The second kappa shape index (κ2) is 12.0. The molecule has 3 heterocycles. The van der Waals surface area contributed by atoms with Crippen LogP contribution in [0.5, 0.6) is 0 Å². The number of morpholine rings is 1. The highest BCUT2D eigenvalue weighted by Gasteiger charge is 2.26. The van der Waals surface area contributed by atoms with Crippen LogP contribution in [0.3, 0.4) is 0 Å². The Labute approximate surface area is 177 Å². The molecule has 0 amide bonds. The molecule has 3 rings (SSSR count). The molecule has 0 aromatic carbocycles. The number of rotatable bonds is 10. The molecule has 2 aromatic rings. The van der Waals surface area contributed by atoms with Crippen molar-refractivity contribution in [2.24, 2.45) is 4.99 Å². The predicted molar refractivity (Wildman–Crippen MR) is 117 cm³/mol. The second-order valence-corrected chi connectivity index (χ2v) is 8.05. The number of nitrogens with one attached hydrogen (secondary N) is 2. The summed E-state index contributed by atoms with van der Waals surface area (Å²) in [5.74, 6) is 1.77. The van der Waals surface area contributed by atoms with E-state index >= 15 is 0 Å². The van der Waals surface area contributed by atoms with Crippen molar-refractivity contribution in [1.82, 2.24) is 15.5 Å². The third-order valence-corrected chi connectivity index (χ3v) is 5.82. The smallest absolute Gasteiger partial charge is 0.191 e. The summed E-state index contributed by atoms with van der Waals surface area (Å²) in [7, 11) is 1.70. The monoisotopic (exact) mass is 420 g/mol. The first kappa shape index (κ1) is 21.8. The van der Waals surface area contributed by atoms with E-state index in [0.717, 1.165) is 44.4 Å². The van der Waals surface area contributed by atoms with Gasteiger partial charge in [0, 0.05) is 44.6 Å². The van der Waals surface area contributed by atoms with Crippen LogP contribution < -0.4 is 10.6 Å². The van der Waals surface area contributed by atoms with E-state index in [1.165, 1.54) is 4.88 Å². The minimum absolute atomic E-state index is 0.251. The minimum Gasteiger partial charge on any atom is -0.469 e. The van der Waals surface area contributed by atoms with E-state index in [0.29, 0.717) is 19.7 Å². The average Bonchev–Trinajstić information content (AvgIpc) is 3.42. The molecular weight excluding hydrogens is 388 g/mol. The Morgan fingerprint density at radius 2 is 2.24 bits per heavy atom. The lowest BCUT2D eigenvalue weighted by molar-refractivity contribution is -0.0327. The molecule has 0 spiro atoms. The fraction of sp³-hybridized carbons (Fsp3) is 0.571. The predicted octanol–water partition coefficient (Wildman–Crippen LogP) is 2.53. The summed E-state index contributed by atoms with van der Waals surface area (Å²) in [5.41, 5.74) is 0. The maximum Gasteiger partial charge on any atom is 0.191 e. The zero-order valence-electron chi connectivity index (χ0n) is 17.3. The van der Waals surface area contributed by atoms with E-state index in [-0.39, 0.29) is 12.1 Å². The summed E-state index contributed by atoms with van der Waals surface area (Å²) in [4.78, 5) is 8.73. The van der Waals surface area contributed by atoms with Gasteiger partial charge in [-0.05, 0) is 30.5 Å². The maximum atomic E-state index is 5.73. The van der Waals surface area contributed by atoms with E-state index < -0.39 is 0 Å². The van der Waals surface area contributed by atoms with Crippen molar-refractivity contribution in [3.05, 3.63) is 46.5 Å². The molecule has 0 radical (unpaired) electrons. The van der Waals surface area contributed by atoms with Crippen molar-refractivity contribution in [3.8, 4) is 0 Å². The fourth-order valence-corrected chi connectivity index (χ4v) is 4.23. The standard InChI is InChI=1S/C21H32N4O3S/c1-17-16-25(10-13-27-17)19(20-6-4-14-29-20)15-24-21(23-9-12-26-2)22-8-7-18-5-3-11-28-18/h3-6,11,14,17,19H,7-10,12-13,15-16H2,1-2H3,(H2,22,23,24). The Kier molecular flexibility index (Phi) is 9.01. The summed E-state index contributed by atoms with van der Waals surface area (Å²) in [6.45, 7) is 7.55. The summed E-state index contributed by atoms with van der Waals surface area (Å²) < 4.78 is 16.3. The molecule has 2 atom stereocenters. The number of hydrogen-bond acceptors (Lipinski definition) is 6. The molecule has 2 unspecified atom stereocenters. The Balaban J connectivity index is 1.63. The molecule has 1 aliphatic heterocycles. The number of aliphatic imine (C=N–C) groups is 1. The lowest BCUT2D eigenvalue weighted by atomic mass is 10.1. The molecule has 0 bridgehead atoms. The second-order valence-electron chi connectivity index (χ2n) is 7.07. The SMILES string of the molecule is COCCNC(=NCC(c1cccs1)N1CCOC(C)C1)NCCc1ccco1. The van der Waals surface area contributed by atoms with Crippen molar-refractivity contribution < 1.29 is 13.9 Å². The molecule has 2 N–H and O–H groups in total. The van der Waals surface area contributed by atoms with Gasteiger partial charge in [0.05, 0.1) is 38.2 Å². The van der Waals surface area contributed by atoms with Crippen LogP contribution in [0.25, 0.3) is 0 Å². The van der Waals surface area contributed by atoms with E-state index in [9.17, 15) is 0 Å². The van der Waals surface area contributed by atoms with Crippen LogP contribution in [0.1, 0.15) is 23.6 Å². The highest BCUT2D eigenvalue weighted by atomic mass is 32.1. The molecule has 0 saturated carbocycles. The Morgan fingerprint density at radius 3 is 2.97 bits per heavy atom. The molecule has 0 aliphatic carbocycles. The van der Waals surface area contributed by atoms with Gasteiger partial charge in [-0.1, -0.05) is 6.07 Å². The molecule has 8 heteroatoms.